The molecule has 0 atom stereocenters. The minimum Gasteiger partial charge on any atom is -0.507 e. The van der Waals surface area contributed by atoms with E-state index in [1.54, 1.807) is 42.5 Å². The minimum atomic E-state index is -3.40. The molecule has 7 nitrogen and oxygen atoms in total. The highest BCUT2D eigenvalue weighted by molar-refractivity contribution is 7.90. The van der Waals surface area contributed by atoms with Crippen LogP contribution in [0.25, 0.3) is 16.9 Å². The van der Waals surface area contributed by atoms with Crippen LogP contribution in [-0.4, -0.2) is 35.5 Å². The van der Waals surface area contributed by atoms with Crippen LogP contribution in [0.15, 0.2) is 71.6 Å². The van der Waals surface area contributed by atoms with Crippen LogP contribution in [0.2, 0.25) is 0 Å². The number of aromatic hydroxyl groups is 1. The Labute approximate surface area is 234 Å². The number of rotatable bonds is 5. The summed E-state index contributed by atoms with van der Waals surface area (Å²) in [4.78, 5) is 13.7. The molecule has 1 aromatic heterocycles. The van der Waals surface area contributed by atoms with E-state index in [1.807, 2.05) is 41.5 Å². The molecule has 210 valence electrons. The third-order valence-corrected chi connectivity index (χ3v) is 7.70. The van der Waals surface area contributed by atoms with E-state index in [9.17, 15) is 22.7 Å². The minimum absolute atomic E-state index is 0.106. The number of hydrogen-bond donors (Lipinski definition) is 2. The zero-order valence-electron chi connectivity index (χ0n) is 23.7. The Hall–Kier alpha value is -3.98. The number of halogens is 1. The predicted octanol–water partition coefficient (Wildman–Crippen LogP) is 6.63. The first-order chi connectivity index (χ1) is 18.4. The largest absolute Gasteiger partial charge is 0.507 e. The third kappa shape index (κ3) is 6.09. The first-order valence-corrected chi connectivity index (χ1v) is 14.7. The van der Waals surface area contributed by atoms with Gasteiger partial charge in [0.2, 0.25) is 0 Å². The number of phenolic OH excluding ortho intramolecular Hbond substituents is 1. The fraction of sp³-hybridized carbons (Fsp3) is 0.290. The fourth-order valence-electron chi connectivity index (χ4n) is 4.39. The molecule has 0 aliphatic carbocycles. The number of sulfone groups is 1. The Morgan fingerprint density at radius 2 is 1.40 bits per heavy atom. The zero-order chi connectivity index (χ0) is 29.6. The van der Waals surface area contributed by atoms with Gasteiger partial charge in [0.15, 0.2) is 15.5 Å². The van der Waals surface area contributed by atoms with Crippen LogP contribution < -0.4 is 5.32 Å². The molecule has 40 heavy (non-hydrogen) atoms. The molecular weight excluding hydrogens is 529 g/mol. The summed E-state index contributed by atoms with van der Waals surface area (Å²) in [6.45, 7) is 12.0. The maximum Gasteiger partial charge on any atom is 0.276 e. The number of amides is 1. The summed E-state index contributed by atoms with van der Waals surface area (Å²) < 4.78 is 39.0. The Bertz CT molecular complexity index is 1640. The van der Waals surface area contributed by atoms with E-state index in [4.69, 9.17) is 0 Å². The number of carbonyl (C=O) groups is 1. The topological polar surface area (TPSA) is 101 Å². The number of carbonyl (C=O) groups excluding carboxylic acids is 1. The molecule has 0 bridgehead atoms. The van der Waals surface area contributed by atoms with Crippen LogP contribution in [0.3, 0.4) is 0 Å². The average molecular weight is 564 g/mol. The van der Waals surface area contributed by atoms with Gasteiger partial charge < -0.3 is 10.4 Å². The molecule has 3 aromatic carbocycles. The molecule has 0 aliphatic rings. The summed E-state index contributed by atoms with van der Waals surface area (Å²) in [5, 5.41) is 18.5. The van der Waals surface area contributed by atoms with Crippen molar-refractivity contribution < 1.29 is 22.7 Å². The number of aromatic nitrogens is 2. The number of hydrogen-bond acceptors (Lipinski definition) is 5. The SMILES string of the molecule is CC(C)(C)c1cc(NC(=O)c2cc(-c3ccc(F)cc3)n(-c3ccc(S(C)(=O)=O)cc3)n2)cc(C(C)(C)C)c1O. The molecule has 1 amide bonds. The molecule has 0 aliphatic heterocycles. The summed E-state index contributed by atoms with van der Waals surface area (Å²) in [6.07, 6.45) is 1.13. The van der Waals surface area contributed by atoms with Gasteiger partial charge in [0.25, 0.3) is 5.91 Å². The predicted molar refractivity (Wildman–Crippen MR) is 156 cm³/mol. The van der Waals surface area contributed by atoms with Crippen molar-refractivity contribution in [1.29, 1.82) is 0 Å². The number of nitrogens with one attached hydrogen (secondary N) is 1. The lowest BCUT2D eigenvalue weighted by atomic mass is 9.79. The Kier molecular flexibility index (Phi) is 7.40. The van der Waals surface area contributed by atoms with E-state index in [0.717, 1.165) is 6.26 Å². The van der Waals surface area contributed by atoms with Crippen molar-refractivity contribution in [1.82, 2.24) is 9.78 Å². The van der Waals surface area contributed by atoms with Gasteiger partial charge in [0.05, 0.1) is 16.3 Å². The van der Waals surface area contributed by atoms with Crippen LogP contribution in [0, 0.1) is 5.82 Å². The molecule has 1 heterocycles. The van der Waals surface area contributed by atoms with Crippen molar-refractivity contribution in [3.8, 4) is 22.7 Å². The summed E-state index contributed by atoms with van der Waals surface area (Å²) in [5.41, 5.74) is 2.96. The molecule has 0 radical (unpaired) electrons. The van der Waals surface area contributed by atoms with Gasteiger partial charge in [-0.05, 0) is 77.6 Å². The van der Waals surface area contributed by atoms with Crippen LogP contribution >= 0.6 is 0 Å². The van der Waals surface area contributed by atoms with Crippen molar-refractivity contribution in [2.75, 3.05) is 11.6 Å². The maximum atomic E-state index is 13.7. The van der Waals surface area contributed by atoms with Gasteiger partial charge >= 0.3 is 0 Å². The van der Waals surface area contributed by atoms with E-state index in [0.29, 0.717) is 33.8 Å². The van der Waals surface area contributed by atoms with Crippen LogP contribution in [0.5, 0.6) is 5.75 Å². The van der Waals surface area contributed by atoms with Crippen molar-refractivity contribution in [3.63, 3.8) is 0 Å². The lowest BCUT2D eigenvalue weighted by Crippen LogP contribution is -2.19. The van der Waals surface area contributed by atoms with E-state index in [2.05, 4.69) is 10.4 Å². The highest BCUT2D eigenvalue weighted by atomic mass is 32.2. The van der Waals surface area contributed by atoms with E-state index in [1.165, 1.54) is 28.9 Å². The molecule has 0 saturated carbocycles. The summed E-state index contributed by atoms with van der Waals surface area (Å²) in [7, 11) is -3.40. The quantitative estimate of drug-likeness (QED) is 0.265. The van der Waals surface area contributed by atoms with Crippen LogP contribution in [0.4, 0.5) is 10.1 Å². The van der Waals surface area contributed by atoms with Crippen molar-refractivity contribution in [2.24, 2.45) is 0 Å². The number of benzene rings is 3. The van der Waals surface area contributed by atoms with Gasteiger partial charge in [-0.3, -0.25) is 4.79 Å². The van der Waals surface area contributed by atoms with Crippen molar-refractivity contribution in [2.45, 2.75) is 57.3 Å². The molecule has 0 spiro atoms. The monoisotopic (exact) mass is 563 g/mol. The molecule has 0 fully saturated rings. The van der Waals surface area contributed by atoms with Gasteiger partial charge in [-0.2, -0.15) is 5.10 Å². The zero-order valence-corrected chi connectivity index (χ0v) is 24.5. The normalized spacial score (nSPS) is 12.4. The summed E-state index contributed by atoms with van der Waals surface area (Å²) in [5.74, 6) is -0.666. The van der Waals surface area contributed by atoms with Crippen molar-refractivity contribution >= 4 is 21.4 Å². The van der Waals surface area contributed by atoms with E-state index in [-0.39, 0.29) is 27.2 Å². The lowest BCUT2D eigenvalue weighted by molar-refractivity contribution is 0.102. The Balaban J connectivity index is 1.79. The summed E-state index contributed by atoms with van der Waals surface area (Å²) in [6, 6.07) is 17.1. The highest BCUT2D eigenvalue weighted by Gasteiger charge is 2.27. The number of anilines is 1. The molecule has 2 N–H and O–H groups in total. The molecular formula is C31H34FN3O4S. The van der Waals surface area contributed by atoms with Crippen molar-refractivity contribution in [3.05, 3.63) is 89.4 Å². The van der Waals surface area contributed by atoms with Crippen LogP contribution in [-0.2, 0) is 20.7 Å². The highest BCUT2D eigenvalue weighted by Crippen LogP contribution is 2.41. The smallest absolute Gasteiger partial charge is 0.276 e. The number of nitrogens with zero attached hydrogens (tertiary/aromatic N) is 2. The fourth-order valence-corrected chi connectivity index (χ4v) is 5.03. The maximum absolute atomic E-state index is 13.7. The van der Waals surface area contributed by atoms with Gasteiger partial charge in [-0.1, -0.05) is 41.5 Å². The van der Waals surface area contributed by atoms with Gasteiger partial charge in [-0.25, -0.2) is 17.5 Å². The molecule has 4 rings (SSSR count). The van der Waals surface area contributed by atoms with Gasteiger partial charge in [-0.15, -0.1) is 0 Å². The molecule has 0 saturated heterocycles. The molecule has 0 unspecified atom stereocenters. The van der Waals surface area contributed by atoms with Gasteiger partial charge in [0.1, 0.15) is 11.6 Å². The second kappa shape index (κ2) is 10.2. The molecule has 4 aromatic rings. The Morgan fingerprint density at radius 1 is 0.875 bits per heavy atom. The Morgan fingerprint density at radius 3 is 1.88 bits per heavy atom. The second-order valence-electron chi connectivity index (χ2n) is 12.0. The van der Waals surface area contributed by atoms with E-state index >= 15 is 0 Å². The first-order valence-electron chi connectivity index (χ1n) is 12.8. The van der Waals surface area contributed by atoms with E-state index < -0.39 is 21.6 Å². The molecule has 9 heteroatoms. The lowest BCUT2D eigenvalue weighted by Gasteiger charge is -2.28. The average Bonchev–Trinajstić information content (AvgIpc) is 3.29. The third-order valence-electron chi connectivity index (χ3n) is 6.58. The number of phenols is 1. The first kappa shape index (κ1) is 29.0. The summed E-state index contributed by atoms with van der Waals surface area (Å²) >= 11 is 0. The van der Waals surface area contributed by atoms with Gasteiger partial charge in [0, 0.05) is 28.6 Å². The standard InChI is InChI=1S/C31H34FN3O4S/c1-30(2,3)24-16-21(17-25(28(24)36)31(4,5)6)33-29(37)26-18-27(19-8-10-20(32)11-9-19)35(34-26)22-12-14-23(15-13-22)40(7,38)39/h8-18,36H,1-7H3,(H,33,37). The second-order valence-corrected chi connectivity index (χ2v) is 14.0. The van der Waals surface area contributed by atoms with Crippen LogP contribution in [0.1, 0.15) is 63.2 Å².